The quantitative estimate of drug-likeness (QED) is 0.614. The van der Waals surface area contributed by atoms with Gasteiger partial charge in [0.2, 0.25) is 0 Å². The molecular formula is C20H34O. The zero-order chi connectivity index (χ0) is 14.7. The minimum Gasteiger partial charge on any atom is -0.303 e. The third-order valence-corrected chi connectivity index (χ3v) is 7.14. The van der Waals surface area contributed by atoms with Gasteiger partial charge in [0.1, 0.15) is 6.29 Å². The molecule has 2 unspecified atom stereocenters. The summed E-state index contributed by atoms with van der Waals surface area (Å²) < 4.78 is 0. The molecule has 3 aliphatic carbocycles. The van der Waals surface area contributed by atoms with Gasteiger partial charge in [-0.2, -0.15) is 0 Å². The van der Waals surface area contributed by atoms with Crippen LogP contribution in [0.25, 0.3) is 0 Å². The third-order valence-electron chi connectivity index (χ3n) is 7.14. The molecule has 4 atom stereocenters. The Hall–Kier alpha value is -0.330. The lowest BCUT2D eigenvalue weighted by molar-refractivity contribution is -0.113. The van der Waals surface area contributed by atoms with E-state index < -0.39 is 0 Å². The molecule has 0 radical (unpaired) electrons. The van der Waals surface area contributed by atoms with E-state index >= 15 is 0 Å². The van der Waals surface area contributed by atoms with E-state index in [9.17, 15) is 4.79 Å². The first-order valence-electron chi connectivity index (χ1n) is 9.75. The molecule has 0 amide bonds. The Kier molecular flexibility index (Phi) is 5.40. The van der Waals surface area contributed by atoms with Gasteiger partial charge in [-0.1, -0.05) is 32.6 Å². The first-order valence-corrected chi connectivity index (χ1v) is 9.75. The molecule has 3 fully saturated rings. The van der Waals surface area contributed by atoms with E-state index in [0.717, 1.165) is 29.6 Å². The highest BCUT2D eigenvalue weighted by Gasteiger charge is 2.38. The van der Waals surface area contributed by atoms with E-state index in [-0.39, 0.29) is 0 Å². The van der Waals surface area contributed by atoms with Gasteiger partial charge in [0.15, 0.2) is 0 Å². The van der Waals surface area contributed by atoms with Crippen molar-refractivity contribution >= 4 is 6.29 Å². The Balaban J connectivity index is 1.48. The number of hydrogen-bond donors (Lipinski definition) is 0. The second-order valence-electron chi connectivity index (χ2n) is 8.37. The summed E-state index contributed by atoms with van der Waals surface area (Å²) in [6, 6.07) is 0. The highest BCUT2D eigenvalue weighted by atomic mass is 16.1. The molecule has 1 nitrogen and oxygen atoms in total. The molecule has 0 aromatic rings. The summed E-state index contributed by atoms with van der Waals surface area (Å²) in [6.07, 6.45) is 18.3. The summed E-state index contributed by atoms with van der Waals surface area (Å²) in [5.41, 5.74) is 0. The van der Waals surface area contributed by atoms with Crippen LogP contribution in [0.1, 0.15) is 84.0 Å². The Morgan fingerprint density at radius 3 is 2.00 bits per heavy atom. The Labute approximate surface area is 131 Å². The van der Waals surface area contributed by atoms with Crippen LogP contribution in [0.3, 0.4) is 0 Å². The van der Waals surface area contributed by atoms with Crippen LogP contribution in [-0.4, -0.2) is 6.29 Å². The second-order valence-corrected chi connectivity index (χ2v) is 8.37. The van der Waals surface area contributed by atoms with E-state index in [2.05, 4.69) is 6.92 Å². The van der Waals surface area contributed by atoms with Crippen LogP contribution in [0.5, 0.6) is 0 Å². The average molecular weight is 290 g/mol. The first kappa shape index (κ1) is 15.6. The summed E-state index contributed by atoms with van der Waals surface area (Å²) >= 11 is 0. The van der Waals surface area contributed by atoms with E-state index in [0.29, 0.717) is 5.92 Å². The maximum absolute atomic E-state index is 11.0. The van der Waals surface area contributed by atoms with Gasteiger partial charge in [0.05, 0.1) is 0 Å². The largest absolute Gasteiger partial charge is 0.303 e. The summed E-state index contributed by atoms with van der Waals surface area (Å²) in [5, 5.41) is 0. The lowest BCUT2D eigenvalue weighted by atomic mass is 9.61. The lowest BCUT2D eigenvalue weighted by Crippen LogP contribution is -2.34. The molecule has 3 rings (SSSR count). The molecule has 3 aliphatic rings. The molecule has 0 heterocycles. The van der Waals surface area contributed by atoms with E-state index in [4.69, 9.17) is 0 Å². The molecule has 1 heteroatoms. The fourth-order valence-corrected chi connectivity index (χ4v) is 5.87. The molecule has 0 aliphatic heterocycles. The van der Waals surface area contributed by atoms with Gasteiger partial charge in [-0.3, -0.25) is 0 Å². The normalized spacial score (nSPS) is 44.0. The van der Waals surface area contributed by atoms with Gasteiger partial charge >= 0.3 is 0 Å². The van der Waals surface area contributed by atoms with E-state index in [1.54, 1.807) is 0 Å². The molecule has 0 aromatic heterocycles. The Morgan fingerprint density at radius 2 is 1.33 bits per heavy atom. The molecule has 0 saturated heterocycles. The third kappa shape index (κ3) is 3.71. The van der Waals surface area contributed by atoms with Crippen LogP contribution >= 0.6 is 0 Å². The summed E-state index contributed by atoms with van der Waals surface area (Å²) in [5.74, 6) is 5.37. The van der Waals surface area contributed by atoms with E-state index in [1.807, 2.05) is 0 Å². The molecule has 0 aromatic carbocycles. The fraction of sp³-hybridized carbons (Fsp3) is 0.950. The van der Waals surface area contributed by atoms with Crippen LogP contribution in [0.4, 0.5) is 0 Å². The standard InChI is InChI=1S/C20H34O/c1-2-3-15-4-7-17(8-5-15)19-11-10-18-12-16(14-21)6-9-20(18)13-19/h14-20H,2-13H2,1H3/t15?,16-,17?,18?,19?,20-/m1/s1. The zero-order valence-corrected chi connectivity index (χ0v) is 13.9. The predicted molar refractivity (Wildman–Crippen MR) is 88.1 cm³/mol. The lowest BCUT2D eigenvalue weighted by Gasteiger charge is -2.44. The molecule has 120 valence electrons. The molecule has 0 N–H and O–H groups in total. The van der Waals surface area contributed by atoms with Gasteiger partial charge in [-0.25, -0.2) is 0 Å². The van der Waals surface area contributed by atoms with Crippen molar-refractivity contribution in [2.75, 3.05) is 0 Å². The molecular weight excluding hydrogens is 256 g/mol. The van der Waals surface area contributed by atoms with Gasteiger partial charge in [0.25, 0.3) is 0 Å². The van der Waals surface area contributed by atoms with Crippen molar-refractivity contribution in [1.82, 2.24) is 0 Å². The average Bonchev–Trinajstić information content (AvgIpc) is 2.55. The first-order chi connectivity index (χ1) is 10.3. The number of carbonyl (C=O) groups is 1. The highest BCUT2D eigenvalue weighted by Crippen LogP contribution is 2.48. The van der Waals surface area contributed by atoms with Crippen LogP contribution in [0.2, 0.25) is 0 Å². The number of rotatable bonds is 4. The van der Waals surface area contributed by atoms with Crippen molar-refractivity contribution in [2.24, 2.45) is 35.5 Å². The molecule has 0 spiro atoms. The minimum atomic E-state index is 0.396. The van der Waals surface area contributed by atoms with Crippen molar-refractivity contribution in [3.63, 3.8) is 0 Å². The van der Waals surface area contributed by atoms with Gasteiger partial charge in [-0.15, -0.1) is 0 Å². The Morgan fingerprint density at radius 1 is 0.762 bits per heavy atom. The van der Waals surface area contributed by atoms with Crippen molar-refractivity contribution in [3.8, 4) is 0 Å². The van der Waals surface area contributed by atoms with Crippen molar-refractivity contribution < 1.29 is 4.79 Å². The maximum atomic E-state index is 11.0. The van der Waals surface area contributed by atoms with Gasteiger partial charge in [-0.05, 0) is 81.0 Å². The second kappa shape index (κ2) is 7.29. The number of carbonyl (C=O) groups excluding carboxylic acids is 1. The van der Waals surface area contributed by atoms with Crippen LogP contribution in [0, 0.1) is 35.5 Å². The summed E-state index contributed by atoms with van der Waals surface area (Å²) in [4.78, 5) is 11.0. The molecule has 21 heavy (non-hydrogen) atoms. The fourth-order valence-electron chi connectivity index (χ4n) is 5.87. The smallest absolute Gasteiger partial charge is 0.123 e. The number of hydrogen-bond acceptors (Lipinski definition) is 1. The minimum absolute atomic E-state index is 0.396. The van der Waals surface area contributed by atoms with Crippen molar-refractivity contribution in [1.29, 1.82) is 0 Å². The van der Waals surface area contributed by atoms with Crippen LogP contribution < -0.4 is 0 Å². The number of fused-ring (bicyclic) bond motifs is 1. The van der Waals surface area contributed by atoms with Gasteiger partial charge < -0.3 is 4.79 Å². The SMILES string of the molecule is CCCC1CCC(C2CCC3C[C@H](C=O)CC[C@@H]3C2)CC1. The Bertz CT molecular complexity index is 329. The zero-order valence-electron chi connectivity index (χ0n) is 13.9. The summed E-state index contributed by atoms with van der Waals surface area (Å²) in [6.45, 7) is 2.34. The van der Waals surface area contributed by atoms with E-state index in [1.165, 1.54) is 83.3 Å². The topological polar surface area (TPSA) is 17.1 Å². The molecule has 3 saturated carbocycles. The predicted octanol–water partition coefficient (Wildman–Crippen LogP) is 5.62. The van der Waals surface area contributed by atoms with Crippen molar-refractivity contribution in [3.05, 3.63) is 0 Å². The highest BCUT2D eigenvalue weighted by molar-refractivity contribution is 5.53. The van der Waals surface area contributed by atoms with Crippen molar-refractivity contribution in [2.45, 2.75) is 84.0 Å². The maximum Gasteiger partial charge on any atom is 0.123 e. The van der Waals surface area contributed by atoms with Crippen LogP contribution in [-0.2, 0) is 4.79 Å². The molecule has 0 bridgehead atoms. The van der Waals surface area contributed by atoms with Crippen LogP contribution in [0.15, 0.2) is 0 Å². The van der Waals surface area contributed by atoms with Gasteiger partial charge in [0, 0.05) is 5.92 Å². The monoisotopic (exact) mass is 290 g/mol. The summed E-state index contributed by atoms with van der Waals surface area (Å²) in [7, 11) is 0. The number of aldehydes is 1.